The number of nitrogens with one attached hydrogen (secondary N) is 2. The van der Waals surface area contributed by atoms with E-state index in [2.05, 4.69) is 17.6 Å². The van der Waals surface area contributed by atoms with Crippen molar-refractivity contribution in [2.75, 3.05) is 17.7 Å². The molecule has 0 saturated heterocycles. The van der Waals surface area contributed by atoms with E-state index in [9.17, 15) is 4.79 Å². The van der Waals surface area contributed by atoms with Gasteiger partial charge in [-0.1, -0.05) is 30.3 Å². The molecule has 0 saturated carbocycles. The van der Waals surface area contributed by atoms with Gasteiger partial charge in [-0.15, -0.1) is 11.3 Å². The Morgan fingerprint density at radius 1 is 1.15 bits per heavy atom. The van der Waals surface area contributed by atoms with E-state index < -0.39 is 0 Å². The highest BCUT2D eigenvalue weighted by Gasteiger charge is 2.11. The van der Waals surface area contributed by atoms with Crippen molar-refractivity contribution in [3.63, 3.8) is 0 Å². The Morgan fingerprint density at radius 2 is 1.88 bits per heavy atom. The number of ether oxygens (including phenoxy) is 1. The van der Waals surface area contributed by atoms with Crippen molar-refractivity contribution in [1.82, 2.24) is 4.98 Å². The fourth-order valence-electron chi connectivity index (χ4n) is 2.67. The van der Waals surface area contributed by atoms with Gasteiger partial charge in [0, 0.05) is 35.2 Å². The van der Waals surface area contributed by atoms with Crippen molar-refractivity contribution in [3.8, 4) is 17.0 Å². The third-order valence-electron chi connectivity index (χ3n) is 3.90. The van der Waals surface area contributed by atoms with Gasteiger partial charge in [0.05, 0.1) is 12.8 Å². The molecule has 3 aromatic rings. The molecule has 0 atom stereocenters. The average Bonchev–Trinajstić information content (AvgIpc) is 3.01. The second-order valence-electron chi connectivity index (χ2n) is 5.85. The van der Waals surface area contributed by atoms with Crippen LogP contribution in [0, 0.1) is 6.92 Å². The van der Waals surface area contributed by atoms with Crippen molar-refractivity contribution in [2.24, 2.45) is 0 Å². The molecule has 1 amide bonds. The van der Waals surface area contributed by atoms with Gasteiger partial charge in [-0.05, 0) is 25.1 Å². The lowest BCUT2D eigenvalue weighted by molar-refractivity contribution is -0.114. The topological polar surface area (TPSA) is 63.2 Å². The van der Waals surface area contributed by atoms with E-state index in [0.717, 1.165) is 38.3 Å². The fourth-order valence-corrected chi connectivity index (χ4v) is 3.51. The maximum atomic E-state index is 11.1. The molecular formula is C20H21N3O2S. The summed E-state index contributed by atoms with van der Waals surface area (Å²) in [6, 6.07) is 15.6. The maximum absolute atomic E-state index is 11.1. The normalized spacial score (nSPS) is 10.4. The first-order chi connectivity index (χ1) is 12.6. The molecular weight excluding hydrogens is 346 g/mol. The lowest BCUT2D eigenvalue weighted by Gasteiger charge is -2.08. The van der Waals surface area contributed by atoms with E-state index in [-0.39, 0.29) is 5.91 Å². The molecule has 26 heavy (non-hydrogen) atoms. The zero-order chi connectivity index (χ0) is 18.5. The molecule has 1 aromatic heterocycles. The first kappa shape index (κ1) is 17.9. The second-order valence-corrected chi connectivity index (χ2v) is 7.05. The molecule has 0 spiro atoms. The van der Waals surface area contributed by atoms with E-state index in [1.165, 1.54) is 6.92 Å². The molecule has 3 rings (SSSR count). The molecule has 2 aromatic carbocycles. The van der Waals surface area contributed by atoms with Crippen LogP contribution >= 0.6 is 11.3 Å². The molecule has 134 valence electrons. The Bertz CT molecular complexity index is 904. The monoisotopic (exact) mass is 367 g/mol. The molecule has 0 radical (unpaired) electrons. The summed E-state index contributed by atoms with van der Waals surface area (Å²) in [5.74, 6) is 0.785. The average molecular weight is 367 g/mol. The predicted octanol–water partition coefficient (Wildman–Crippen LogP) is 4.70. The summed E-state index contributed by atoms with van der Waals surface area (Å²) in [7, 11) is 1.68. The highest BCUT2D eigenvalue weighted by Crippen LogP contribution is 2.31. The van der Waals surface area contributed by atoms with Crippen LogP contribution in [0.4, 0.5) is 10.8 Å². The molecule has 0 aliphatic carbocycles. The van der Waals surface area contributed by atoms with Crippen molar-refractivity contribution in [1.29, 1.82) is 0 Å². The number of amides is 1. The van der Waals surface area contributed by atoms with Crippen molar-refractivity contribution in [3.05, 3.63) is 59.0 Å². The number of methoxy groups -OCH3 is 1. The van der Waals surface area contributed by atoms with E-state index in [1.807, 2.05) is 48.5 Å². The van der Waals surface area contributed by atoms with Gasteiger partial charge >= 0.3 is 0 Å². The number of thiazole rings is 1. The van der Waals surface area contributed by atoms with Gasteiger partial charge in [0.1, 0.15) is 5.75 Å². The third kappa shape index (κ3) is 4.21. The van der Waals surface area contributed by atoms with E-state index in [0.29, 0.717) is 6.54 Å². The highest BCUT2D eigenvalue weighted by molar-refractivity contribution is 7.16. The number of anilines is 2. The second kappa shape index (κ2) is 8.01. The number of nitrogens with zero attached hydrogens (tertiary/aromatic N) is 1. The summed E-state index contributed by atoms with van der Waals surface area (Å²) in [5, 5.41) is 7.02. The molecule has 0 bridgehead atoms. The largest absolute Gasteiger partial charge is 0.496 e. The summed E-state index contributed by atoms with van der Waals surface area (Å²) in [6.45, 7) is 4.21. The van der Waals surface area contributed by atoms with Gasteiger partial charge in [-0.3, -0.25) is 4.79 Å². The van der Waals surface area contributed by atoms with E-state index in [1.54, 1.807) is 18.4 Å². The van der Waals surface area contributed by atoms with E-state index in [4.69, 9.17) is 9.72 Å². The minimum absolute atomic E-state index is 0.0783. The van der Waals surface area contributed by atoms with Crippen LogP contribution in [-0.2, 0) is 11.3 Å². The zero-order valence-electron chi connectivity index (χ0n) is 15.0. The molecule has 0 aliphatic heterocycles. The number of aromatic nitrogens is 1. The smallest absolute Gasteiger partial charge is 0.221 e. The Hall–Kier alpha value is -2.86. The maximum Gasteiger partial charge on any atom is 0.221 e. The van der Waals surface area contributed by atoms with Crippen LogP contribution in [-0.4, -0.2) is 18.0 Å². The third-order valence-corrected chi connectivity index (χ3v) is 4.83. The number of carbonyl (C=O) groups is 1. The molecule has 0 aliphatic rings. The fraction of sp³-hybridized carbons (Fsp3) is 0.200. The summed E-state index contributed by atoms with van der Waals surface area (Å²) < 4.78 is 5.38. The molecule has 6 heteroatoms. The lowest BCUT2D eigenvalue weighted by Crippen LogP contribution is -2.05. The van der Waals surface area contributed by atoms with Gasteiger partial charge in [-0.25, -0.2) is 4.98 Å². The van der Waals surface area contributed by atoms with Crippen LogP contribution in [0.2, 0.25) is 0 Å². The number of hydrogen-bond donors (Lipinski definition) is 2. The lowest BCUT2D eigenvalue weighted by atomic mass is 10.1. The van der Waals surface area contributed by atoms with Crippen LogP contribution in [0.1, 0.15) is 17.4 Å². The van der Waals surface area contributed by atoms with Gasteiger partial charge < -0.3 is 15.4 Å². The SMILES string of the molecule is COc1ccccc1CNc1nc(-c2ccc(NC(C)=O)cc2)c(C)s1. The quantitative estimate of drug-likeness (QED) is 0.663. The summed E-state index contributed by atoms with van der Waals surface area (Å²) in [5.41, 5.74) is 3.85. The first-order valence-electron chi connectivity index (χ1n) is 8.28. The van der Waals surface area contributed by atoms with Crippen LogP contribution in [0.5, 0.6) is 5.75 Å². The summed E-state index contributed by atoms with van der Waals surface area (Å²) in [6.07, 6.45) is 0. The summed E-state index contributed by atoms with van der Waals surface area (Å²) >= 11 is 1.62. The standard InChI is InChI=1S/C20H21N3O2S/c1-13-19(15-8-10-17(11-9-15)22-14(2)24)23-20(26-13)21-12-16-6-4-5-7-18(16)25-3/h4-11H,12H2,1-3H3,(H,21,23)(H,22,24). The highest BCUT2D eigenvalue weighted by atomic mass is 32.1. The Kier molecular flexibility index (Phi) is 5.53. The Morgan fingerprint density at radius 3 is 2.58 bits per heavy atom. The molecule has 1 heterocycles. The summed E-state index contributed by atoms with van der Waals surface area (Å²) in [4.78, 5) is 17.0. The number of para-hydroxylation sites is 1. The van der Waals surface area contributed by atoms with Crippen molar-refractivity contribution < 1.29 is 9.53 Å². The molecule has 0 unspecified atom stereocenters. The number of hydrogen-bond acceptors (Lipinski definition) is 5. The molecule has 2 N–H and O–H groups in total. The van der Waals surface area contributed by atoms with Crippen LogP contribution in [0.15, 0.2) is 48.5 Å². The number of benzene rings is 2. The number of carbonyl (C=O) groups excluding carboxylic acids is 1. The Balaban J connectivity index is 1.73. The van der Waals surface area contributed by atoms with Gasteiger partial charge in [0.15, 0.2) is 5.13 Å². The number of rotatable bonds is 6. The van der Waals surface area contributed by atoms with Crippen LogP contribution in [0.3, 0.4) is 0 Å². The van der Waals surface area contributed by atoms with Crippen molar-refractivity contribution >= 4 is 28.1 Å². The molecule has 0 fully saturated rings. The van der Waals surface area contributed by atoms with Crippen LogP contribution in [0.25, 0.3) is 11.3 Å². The zero-order valence-corrected chi connectivity index (χ0v) is 15.8. The Labute approximate surface area is 157 Å². The number of aryl methyl sites for hydroxylation is 1. The minimum atomic E-state index is -0.0783. The molecule has 5 nitrogen and oxygen atoms in total. The van der Waals surface area contributed by atoms with Gasteiger partial charge in [-0.2, -0.15) is 0 Å². The van der Waals surface area contributed by atoms with Crippen molar-refractivity contribution in [2.45, 2.75) is 20.4 Å². The van der Waals surface area contributed by atoms with Crippen LogP contribution < -0.4 is 15.4 Å². The van der Waals surface area contributed by atoms with Gasteiger partial charge in [0.2, 0.25) is 5.91 Å². The van der Waals surface area contributed by atoms with Gasteiger partial charge in [0.25, 0.3) is 0 Å². The first-order valence-corrected chi connectivity index (χ1v) is 9.09. The predicted molar refractivity (Wildman–Crippen MR) is 107 cm³/mol. The minimum Gasteiger partial charge on any atom is -0.496 e. The van der Waals surface area contributed by atoms with E-state index >= 15 is 0 Å².